The maximum Gasteiger partial charge on any atom is 0.200 e. The Bertz CT molecular complexity index is 574. The van der Waals surface area contributed by atoms with E-state index in [4.69, 9.17) is 4.74 Å². The first kappa shape index (κ1) is 13.1. The zero-order valence-electron chi connectivity index (χ0n) is 9.70. The number of ether oxygens (including phenoxy) is 1. The normalized spacial score (nSPS) is 10.3. The zero-order valence-corrected chi connectivity index (χ0v) is 9.70. The second-order valence-corrected chi connectivity index (χ2v) is 3.77. The second kappa shape index (κ2) is 5.56. The van der Waals surface area contributed by atoms with Crippen LogP contribution in [-0.4, -0.2) is 12.4 Å². The van der Waals surface area contributed by atoms with Crippen molar-refractivity contribution in [1.29, 1.82) is 0 Å². The molecule has 0 atom stereocenters. The number of carbonyl (C=O) groups excluding carboxylic acids is 1. The van der Waals surface area contributed by atoms with E-state index < -0.39 is 35.6 Å². The molecule has 2 aromatic rings. The fourth-order valence-corrected chi connectivity index (χ4v) is 1.48. The molecular formula is C14H9F3O2. The fourth-order valence-electron chi connectivity index (χ4n) is 1.48. The lowest BCUT2D eigenvalue weighted by atomic mass is 10.1. The van der Waals surface area contributed by atoms with E-state index in [0.29, 0.717) is 0 Å². The SMILES string of the molecule is O=C(COc1c(F)cccc1F)c1ccc(F)cc1. The Morgan fingerprint density at radius 3 is 2.11 bits per heavy atom. The van der Waals surface area contributed by atoms with Gasteiger partial charge in [0.25, 0.3) is 0 Å². The van der Waals surface area contributed by atoms with Crippen LogP contribution in [0.5, 0.6) is 5.75 Å². The van der Waals surface area contributed by atoms with E-state index in [-0.39, 0.29) is 5.56 Å². The van der Waals surface area contributed by atoms with Gasteiger partial charge in [-0.15, -0.1) is 0 Å². The highest BCUT2D eigenvalue weighted by Gasteiger charge is 2.13. The Labute approximate surface area is 107 Å². The minimum atomic E-state index is -0.882. The van der Waals surface area contributed by atoms with Crippen LogP contribution in [0.25, 0.3) is 0 Å². The molecule has 2 nitrogen and oxygen atoms in total. The van der Waals surface area contributed by atoms with Gasteiger partial charge >= 0.3 is 0 Å². The third-order valence-electron chi connectivity index (χ3n) is 2.43. The molecule has 0 fully saturated rings. The number of halogens is 3. The van der Waals surface area contributed by atoms with Crippen molar-refractivity contribution in [3.05, 3.63) is 65.5 Å². The number of para-hydroxylation sites is 1. The highest BCUT2D eigenvalue weighted by Crippen LogP contribution is 2.21. The molecule has 0 radical (unpaired) electrons. The third-order valence-corrected chi connectivity index (χ3v) is 2.43. The highest BCUT2D eigenvalue weighted by molar-refractivity contribution is 5.97. The number of benzene rings is 2. The van der Waals surface area contributed by atoms with Crippen molar-refractivity contribution >= 4 is 5.78 Å². The van der Waals surface area contributed by atoms with E-state index in [2.05, 4.69) is 0 Å². The van der Waals surface area contributed by atoms with Gasteiger partial charge in [0, 0.05) is 5.56 Å². The number of hydrogen-bond acceptors (Lipinski definition) is 2. The summed E-state index contributed by atoms with van der Waals surface area (Å²) in [7, 11) is 0. The maximum absolute atomic E-state index is 13.2. The highest BCUT2D eigenvalue weighted by atomic mass is 19.1. The summed E-state index contributed by atoms with van der Waals surface area (Å²) < 4.78 is 43.9. The molecule has 0 unspecified atom stereocenters. The number of Topliss-reactive ketones (excluding diaryl/α,β-unsaturated/α-hetero) is 1. The average Bonchev–Trinajstić information content (AvgIpc) is 2.38. The number of hydrogen-bond donors (Lipinski definition) is 0. The van der Waals surface area contributed by atoms with Crippen molar-refractivity contribution in [2.24, 2.45) is 0 Å². The van der Waals surface area contributed by atoms with Crippen molar-refractivity contribution in [2.75, 3.05) is 6.61 Å². The monoisotopic (exact) mass is 266 g/mol. The van der Waals surface area contributed by atoms with Crippen molar-refractivity contribution < 1.29 is 22.7 Å². The van der Waals surface area contributed by atoms with E-state index >= 15 is 0 Å². The van der Waals surface area contributed by atoms with Crippen molar-refractivity contribution in [3.63, 3.8) is 0 Å². The van der Waals surface area contributed by atoms with E-state index in [1.807, 2.05) is 0 Å². The smallest absolute Gasteiger partial charge is 0.200 e. The van der Waals surface area contributed by atoms with Crippen LogP contribution >= 0.6 is 0 Å². The van der Waals surface area contributed by atoms with Gasteiger partial charge in [0.15, 0.2) is 29.8 Å². The first-order valence-corrected chi connectivity index (χ1v) is 5.43. The van der Waals surface area contributed by atoms with Crippen LogP contribution < -0.4 is 4.74 Å². The topological polar surface area (TPSA) is 26.3 Å². The molecule has 0 saturated heterocycles. The first-order chi connectivity index (χ1) is 9.08. The summed E-state index contributed by atoms with van der Waals surface area (Å²) in [6.45, 7) is -0.524. The van der Waals surface area contributed by atoms with Crippen LogP contribution in [0.2, 0.25) is 0 Å². The largest absolute Gasteiger partial charge is 0.479 e. The summed E-state index contributed by atoms with van der Waals surface area (Å²) in [6, 6.07) is 8.05. The number of carbonyl (C=O) groups is 1. The molecule has 0 heterocycles. The predicted octanol–water partition coefficient (Wildman–Crippen LogP) is 3.37. The molecule has 0 aliphatic rings. The first-order valence-electron chi connectivity index (χ1n) is 5.43. The van der Waals surface area contributed by atoms with Crippen LogP contribution in [0.4, 0.5) is 13.2 Å². The van der Waals surface area contributed by atoms with Crippen molar-refractivity contribution in [2.45, 2.75) is 0 Å². The van der Waals surface area contributed by atoms with Gasteiger partial charge in [-0.1, -0.05) is 6.07 Å². The summed E-state index contributed by atoms with van der Waals surface area (Å²) in [4.78, 5) is 11.7. The van der Waals surface area contributed by atoms with Crippen LogP contribution in [0.15, 0.2) is 42.5 Å². The average molecular weight is 266 g/mol. The van der Waals surface area contributed by atoms with Gasteiger partial charge in [0.1, 0.15) is 5.82 Å². The lowest BCUT2D eigenvalue weighted by molar-refractivity contribution is 0.0915. The number of rotatable bonds is 4. The summed E-state index contributed by atoms with van der Waals surface area (Å²) in [5.74, 6) is -3.34. The molecular weight excluding hydrogens is 257 g/mol. The molecule has 0 saturated carbocycles. The molecule has 98 valence electrons. The molecule has 0 aliphatic heterocycles. The lowest BCUT2D eigenvalue weighted by Crippen LogP contribution is -2.13. The van der Waals surface area contributed by atoms with Gasteiger partial charge in [0.05, 0.1) is 0 Å². The number of ketones is 1. The standard InChI is InChI=1S/C14H9F3O2/c15-10-6-4-9(5-7-10)13(18)8-19-14-11(16)2-1-3-12(14)17/h1-7H,8H2. The van der Waals surface area contributed by atoms with Crippen molar-refractivity contribution in [1.82, 2.24) is 0 Å². The van der Waals surface area contributed by atoms with Crippen LogP contribution in [0.3, 0.4) is 0 Å². The van der Waals surface area contributed by atoms with E-state index in [0.717, 1.165) is 24.3 Å². The predicted molar refractivity (Wildman–Crippen MR) is 62.6 cm³/mol. The fraction of sp³-hybridized carbons (Fsp3) is 0.0714. The quantitative estimate of drug-likeness (QED) is 0.793. The van der Waals surface area contributed by atoms with E-state index in [9.17, 15) is 18.0 Å². The Balaban J connectivity index is 2.06. The Hall–Kier alpha value is -2.30. The molecule has 0 aromatic heterocycles. The van der Waals surface area contributed by atoms with Gasteiger partial charge in [-0.25, -0.2) is 13.2 Å². The maximum atomic E-state index is 13.2. The molecule has 0 N–H and O–H groups in total. The van der Waals surface area contributed by atoms with Crippen LogP contribution in [-0.2, 0) is 0 Å². The molecule has 0 spiro atoms. The van der Waals surface area contributed by atoms with Gasteiger partial charge < -0.3 is 4.74 Å². The molecule has 5 heteroatoms. The van der Waals surface area contributed by atoms with E-state index in [1.165, 1.54) is 18.2 Å². The van der Waals surface area contributed by atoms with E-state index in [1.54, 1.807) is 0 Å². The van der Waals surface area contributed by atoms with Gasteiger partial charge in [-0.2, -0.15) is 0 Å². The van der Waals surface area contributed by atoms with Gasteiger partial charge in [-0.05, 0) is 36.4 Å². The summed E-state index contributed by atoms with van der Waals surface area (Å²) in [6.07, 6.45) is 0. The Morgan fingerprint density at radius 1 is 0.947 bits per heavy atom. The second-order valence-electron chi connectivity index (χ2n) is 3.77. The zero-order chi connectivity index (χ0) is 13.8. The van der Waals surface area contributed by atoms with Crippen LogP contribution in [0, 0.1) is 17.5 Å². The van der Waals surface area contributed by atoms with Gasteiger partial charge in [0.2, 0.25) is 0 Å². The summed E-state index contributed by atoms with van der Waals surface area (Å²) in [5.41, 5.74) is 0.207. The molecule has 2 aromatic carbocycles. The van der Waals surface area contributed by atoms with Crippen LogP contribution in [0.1, 0.15) is 10.4 Å². The minimum Gasteiger partial charge on any atom is -0.479 e. The van der Waals surface area contributed by atoms with Gasteiger partial charge in [-0.3, -0.25) is 4.79 Å². The molecule has 0 bridgehead atoms. The van der Waals surface area contributed by atoms with Crippen molar-refractivity contribution in [3.8, 4) is 5.75 Å². The Morgan fingerprint density at radius 2 is 1.53 bits per heavy atom. The molecule has 0 aliphatic carbocycles. The molecule has 19 heavy (non-hydrogen) atoms. The summed E-state index contributed by atoms with van der Waals surface area (Å²) >= 11 is 0. The minimum absolute atomic E-state index is 0.207. The molecule has 2 rings (SSSR count). The summed E-state index contributed by atoms with van der Waals surface area (Å²) in [5, 5.41) is 0. The Kier molecular flexibility index (Phi) is 3.85. The lowest BCUT2D eigenvalue weighted by Gasteiger charge is -2.07. The molecule has 0 amide bonds. The third kappa shape index (κ3) is 3.13.